The second-order valence-electron chi connectivity index (χ2n) is 4.44. The smallest absolute Gasteiger partial charge is 0.339 e. The number of furan rings is 1. The highest BCUT2D eigenvalue weighted by Gasteiger charge is 2.18. The predicted octanol–water partition coefficient (Wildman–Crippen LogP) is 1.24. The molecule has 1 aromatic rings. The van der Waals surface area contributed by atoms with Gasteiger partial charge in [-0.15, -0.1) is 0 Å². The van der Waals surface area contributed by atoms with E-state index in [-0.39, 0.29) is 17.5 Å². The lowest BCUT2D eigenvalue weighted by Gasteiger charge is -2.20. The van der Waals surface area contributed by atoms with Gasteiger partial charge in [-0.05, 0) is 26.8 Å². The molecule has 1 unspecified atom stereocenters. The van der Waals surface area contributed by atoms with Crippen LogP contribution in [0.4, 0.5) is 0 Å². The first-order chi connectivity index (χ1) is 8.86. The zero-order chi connectivity index (χ0) is 14.6. The molecule has 0 aromatic carbocycles. The molecule has 1 atom stereocenters. The number of nitrogens with one attached hydrogen (secondary N) is 1. The monoisotopic (exact) mass is 268 g/mol. The number of hydrogen-bond donors (Lipinski definition) is 2. The van der Waals surface area contributed by atoms with Crippen LogP contribution in [0.5, 0.6) is 0 Å². The van der Waals surface area contributed by atoms with Crippen molar-refractivity contribution in [3.63, 3.8) is 0 Å². The van der Waals surface area contributed by atoms with E-state index in [0.29, 0.717) is 24.6 Å². The Kier molecular flexibility index (Phi) is 5.11. The molecule has 0 radical (unpaired) electrons. The fraction of sp³-hybridized carbons (Fsp3) is 0.538. The van der Waals surface area contributed by atoms with Crippen LogP contribution in [0.25, 0.3) is 0 Å². The summed E-state index contributed by atoms with van der Waals surface area (Å²) in [6.45, 7) is 6.24. The lowest BCUT2D eigenvalue weighted by molar-refractivity contribution is -0.131. The molecule has 0 aliphatic rings. The van der Waals surface area contributed by atoms with Crippen LogP contribution < -0.4 is 5.32 Å². The second kappa shape index (κ2) is 6.38. The van der Waals surface area contributed by atoms with Crippen LogP contribution in [0.3, 0.4) is 0 Å². The molecule has 0 aliphatic heterocycles. The first kappa shape index (κ1) is 15.2. The Hall–Kier alpha value is -1.82. The summed E-state index contributed by atoms with van der Waals surface area (Å²) in [5.41, 5.74) is 0.154. The molecular formula is C13H20N2O4. The van der Waals surface area contributed by atoms with E-state index < -0.39 is 5.97 Å². The van der Waals surface area contributed by atoms with E-state index >= 15 is 0 Å². The average Bonchev–Trinajstić information content (AvgIpc) is 2.75. The number of carbonyl (C=O) groups is 2. The molecule has 19 heavy (non-hydrogen) atoms. The van der Waals surface area contributed by atoms with Gasteiger partial charge in [0.1, 0.15) is 17.1 Å². The minimum Gasteiger partial charge on any atom is -0.478 e. The maximum atomic E-state index is 11.8. The Morgan fingerprint density at radius 3 is 2.63 bits per heavy atom. The predicted molar refractivity (Wildman–Crippen MR) is 70.0 cm³/mol. The van der Waals surface area contributed by atoms with Crippen molar-refractivity contribution in [2.75, 3.05) is 13.6 Å². The van der Waals surface area contributed by atoms with Crippen LogP contribution in [0, 0.1) is 6.92 Å². The summed E-state index contributed by atoms with van der Waals surface area (Å²) < 4.78 is 5.32. The highest BCUT2D eigenvalue weighted by atomic mass is 16.4. The Labute approximate surface area is 112 Å². The molecule has 0 aliphatic carbocycles. The van der Waals surface area contributed by atoms with Crippen LogP contribution in [0.2, 0.25) is 0 Å². The number of carboxylic acid groups (broad SMARTS) is 1. The van der Waals surface area contributed by atoms with Crippen molar-refractivity contribution < 1.29 is 19.1 Å². The molecule has 106 valence electrons. The van der Waals surface area contributed by atoms with E-state index in [0.717, 1.165) is 0 Å². The highest BCUT2D eigenvalue weighted by Crippen LogP contribution is 2.14. The highest BCUT2D eigenvalue weighted by molar-refractivity contribution is 5.88. The number of likely N-dealkylation sites (N-methyl/N-ethyl adjacent to an activating group) is 1. The van der Waals surface area contributed by atoms with E-state index in [4.69, 9.17) is 9.52 Å². The fourth-order valence-corrected chi connectivity index (χ4v) is 1.67. The van der Waals surface area contributed by atoms with Gasteiger partial charge in [0.05, 0.1) is 12.6 Å². The second-order valence-corrected chi connectivity index (χ2v) is 4.44. The summed E-state index contributed by atoms with van der Waals surface area (Å²) in [6.07, 6.45) is 0. The molecule has 1 heterocycles. The summed E-state index contributed by atoms with van der Waals surface area (Å²) in [6, 6.07) is 1.13. The third-order valence-corrected chi connectivity index (χ3v) is 3.00. The van der Waals surface area contributed by atoms with Gasteiger partial charge in [-0.25, -0.2) is 4.79 Å². The largest absolute Gasteiger partial charge is 0.478 e. The first-order valence-electron chi connectivity index (χ1n) is 6.17. The van der Waals surface area contributed by atoms with E-state index in [9.17, 15) is 9.59 Å². The van der Waals surface area contributed by atoms with Crippen LogP contribution in [-0.2, 0) is 11.3 Å². The van der Waals surface area contributed by atoms with E-state index in [2.05, 4.69) is 5.32 Å². The van der Waals surface area contributed by atoms with E-state index in [1.807, 2.05) is 6.92 Å². The zero-order valence-corrected chi connectivity index (χ0v) is 11.7. The molecule has 1 amide bonds. The minimum absolute atomic E-state index is 0.00997. The number of nitrogens with zero attached hydrogens (tertiary/aromatic N) is 1. The van der Waals surface area contributed by atoms with Crippen LogP contribution >= 0.6 is 0 Å². The number of rotatable bonds is 6. The summed E-state index contributed by atoms with van der Waals surface area (Å²) in [5.74, 6) is -0.144. The van der Waals surface area contributed by atoms with E-state index in [1.165, 1.54) is 6.07 Å². The number of carbonyl (C=O) groups excluding carboxylic acids is 1. The normalized spacial score (nSPS) is 12.2. The standard InChI is InChI=1S/C13H20N2O4/c1-5-15(4)12(16)8(2)14-7-10-6-11(13(17)18)9(3)19-10/h6,8,14H,5,7H2,1-4H3,(H,17,18). The topological polar surface area (TPSA) is 82.8 Å². The molecule has 0 fully saturated rings. The number of aryl methyl sites for hydroxylation is 1. The lowest BCUT2D eigenvalue weighted by Crippen LogP contribution is -2.42. The maximum Gasteiger partial charge on any atom is 0.339 e. The fourth-order valence-electron chi connectivity index (χ4n) is 1.67. The van der Waals surface area contributed by atoms with Crippen molar-refractivity contribution in [3.05, 3.63) is 23.2 Å². The molecule has 0 spiro atoms. The zero-order valence-electron chi connectivity index (χ0n) is 11.7. The number of amides is 1. The molecule has 1 rings (SSSR count). The third-order valence-electron chi connectivity index (χ3n) is 3.00. The summed E-state index contributed by atoms with van der Waals surface area (Å²) in [5, 5.41) is 11.9. The molecule has 0 bridgehead atoms. The molecule has 2 N–H and O–H groups in total. The molecule has 6 nitrogen and oxygen atoms in total. The van der Waals surface area contributed by atoms with Crippen molar-refractivity contribution in [2.45, 2.75) is 33.4 Å². The van der Waals surface area contributed by atoms with E-state index in [1.54, 1.807) is 25.8 Å². The quantitative estimate of drug-likeness (QED) is 0.811. The van der Waals surface area contributed by atoms with Gasteiger partial charge < -0.3 is 14.4 Å². The van der Waals surface area contributed by atoms with Gasteiger partial charge >= 0.3 is 5.97 Å². The van der Waals surface area contributed by atoms with Crippen molar-refractivity contribution in [1.82, 2.24) is 10.2 Å². The summed E-state index contributed by atoms with van der Waals surface area (Å²) in [4.78, 5) is 24.3. The summed E-state index contributed by atoms with van der Waals surface area (Å²) >= 11 is 0. The Bertz CT molecular complexity index is 467. The van der Waals surface area contributed by atoms with Crippen LogP contribution in [0.15, 0.2) is 10.5 Å². The summed E-state index contributed by atoms with van der Waals surface area (Å²) in [7, 11) is 1.74. The number of carboxylic acids is 1. The molecular weight excluding hydrogens is 248 g/mol. The molecule has 0 saturated carbocycles. The van der Waals surface area contributed by atoms with Crippen LogP contribution in [0.1, 0.15) is 35.7 Å². The van der Waals surface area contributed by atoms with Crippen molar-refractivity contribution in [2.24, 2.45) is 0 Å². The van der Waals surface area contributed by atoms with Gasteiger partial charge in [0.25, 0.3) is 0 Å². The van der Waals surface area contributed by atoms with Crippen LogP contribution in [-0.4, -0.2) is 41.5 Å². The Morgan fingerprint density at radius 2 is 2.16 bits per heavy atom. The van der Waals surface area contributed by atoms with Gasteiger partial charge in [-0.1, -0.05) is 0 Å². The van der Waals surface area contributed by atoms with Gasteiger partial charge in [0, 0.05) is 13.6 Å². The molecule has 1 aromatic heterocycles. The van der Waals surface area contributed by atoms with Gasteiger partial charge in [-0.3, -0.25) is 10.1 Å². The van der Waals surface area contributed by atoms with Gasteiger partial charge in [0.15, 0.2) is 0 Å². The lowest BCUT2D eigenvalue weighted by atomic mass is 10.2. The van der Waals surface area contributed by atoms with Crippen molar-refractivity contribution in [3.8, 4) is 0 Å². The number of hydrogen-bond acceptors (Lipinski definition) is 4. The number of aromatic carboxylic acids is 1. The van der Waals surface area contributed by atoms with Gasteiger partial charge in [0.2, 0.25) is 5.91 Å². The Balaban J connectivity index is 2.60. The third kappa shape index (κ3) is 3.82. The average molecular weight is 268 g/mol. The molecule has 0 saturated heterocycles. The minimum atomic E-state index is -1.01. The first-order valence-corrected chi connectivity index (χ1v) is 6.17. The Morgan fingerprint density at radius 1 is 1.53 bits per heavy atom. The SMILES string of the molecule is CCN(C)C(=O)C(C)NCc1cc(C(=O)O)c(C)o1. The molecule has 6 heteroatoms. The van der Waals surface area contributed by atoms with Crippen molar-refractivity contribution >= 4 is 11.9 Å². The van der Waals surface area contributed by atoms with Crippen molar-refractivity contribution in [1.29, 1.82) is 0 Å². The van der Waals surface area contributed by atoms with Gasteiger partial charge in [-0.2, -0.15) is 0 Å². The maximum absolute atomic E-state index is 11.8.